The zero-order valence-electron chi connectivity index (χ0n) is 32.9. The van der Waals surface area contributed by atoms with Crippen LogP contribution in [0.4, 0.5) is 5.69 Å². The van der Waals surface area contributed by atoms with Crippen molar-refractivity contribution >= 4 is 34.4 Å². The van der Waals surface area contributed by atoms with Crippen LogP contribution in [0.5, 0.6) is 0 Å². The molecule has 0 spiro atoms. The van der Waals surface area contributed by atoms with E-state index in [2.05, 4.69) is 61.1 Å². The fourth-order valence-corrected chi connectivity index (χ4v) is 8.41. The van der Waals surface area contributed by atoms with Gasteiger partial charge in [0, 0.05) is 101 Å². The van der Waals surface area contributed by atoms with E-state index in [0.29, 0.717) is 37.3 Å². The van der Waals surface area contributed by atoms with E-state index in [0.717, 1.165) is 73.6 Å². The molecule has 3 amide bonds. The molecule has 58 heavy (non-hydrogen) atoms. The number of carbonyl (C=O) groups excluding carboxylic acids is 3. The highest BCUT2D eigenvalue weighted by Crippen LogP contribution is 2.27. The van der Waals surface area contributed by atoms with Crippen molar-refractivity contribution in [3.63, 3.8) is 0 Å². The van der Waals surface area contributed by atoms with Gasteiger partial charge in [-0.25, -0.2) is 4.98 Å². The summed E-state index contributed by atoms with van der Waals surface area (Å²) in [5.74, 6) is 0.311. The van der Waals surface area contributed by atoms with Gasteiger partial charge in [0.15, 0.2) is 0 Å². The highest BCUT2D eigenvalue weighted by Gasteiger charge is 2.25. The third-order valence-electron chi connectivity index (χ3n) is 11.6. The van der Waals surface area contributed by atoms with E-state index in [-0.39, 0.29) is 36.9 Å². The Morgan fingerprint density at radius 2 is 1.43 bits per heavy atom. The number of hydrogen-bond donors (Lipinski definition) is 6. The zero-order chi connectivity index (χ0) is 40.2. The summed E-state index contributed by atoms with van der Waals surface area (Å²) < 4.78 is 0. The standard InChI is InChI=1S/C45H52N8O5/c1-29(54)53-18-15-38(26-53)48-37-8-4-7-33(20-37)44(57)46-22-39(55)28-52-17-14-31-19-32(9-10-36(31)25-52)43-49-41-12-11-34(21-42(41)50-43)45(58)47-23-40(56)27-51-16-13-30-5-2-3-6-35(30)24-51/h2-12,19-21,38-40,48,55-56H,13-18,22-28H2,1H3,(H,46,57)(H,47,58)(H,49,50)/t38-,39+,40+/m1/s1. The van der Waals surface area contributed by atoms with E-state index in [1.165, 1.54) is 22.3 Å². The number of nitrogens with zero attached hydrogens (tertiary/aromatic N) is 4. The first-order valence-corrected chi connectivity index (χ1v) is 20.3. The van der Waals surface area contributed by atoms with E-state index < -0.39 is 12.2 Å². The summed E-state index contributed by atoms with van der Waals surface area (Å²) in [5.41, 5.74) is 9.40. The lowest BCUT2D eigenvalue weighted by molar-refractivity contribution is -0.127. The number of likely N-dealkylation sites (tertiary alicyclic amines) is 1. The molecule has 1 aromatic heterocycles. The summed E-state index contributed by atoms with van der Waals surface area (Å²) in [5, 5.41) is 30.8. The Bertz CT molecular complexity index is 2290. The van der Waals surface area contributed by atoms with Gasteiger partial charge >= 0.3 is 0 Å². The van der Waals surface area contributed by atoms with Crippen LogP contribution in [0.15, 0.2) is 84.9 Å². The number of rotatable bonds is 13. The largest absolute Gasteiger partial charge is 0.390 e. The average Bonchev–Trinajstić information content (AvgIpc) is 3.89. The molecule has 1 fully saturated rings. The first kappa shape index (κ1) is 39.2. The molecule has 6 N–H and O–H groups in total. The van der Waals surface area contributed by atoms with Gasteiger partial charge in [0.2, 0.25) is 5.91 Å². The van der Waals surface area contributed by atoms with Gasteiger partial charge < -0.3 is 36.0 Å². The summed E-state index contributed by atoms with van der Waals surface area (Å²) in [6.07, 6.45) is 1.23. The minimum Gasteiger partial charge on any atom is -0.390 e. The number of benzene rings is 4. The molecule has 13 heteroatoms. The number of fused-ring (bicyclic) bond motifs is 3. The number of imidazole rings is 1. The zero-order valence-corrected chi connectivity index (χ0v) is 32.9. The van der Waals surface area contributed by atoms with Gasteiger partial charge in [0.05, 0.1) is 23.2 Å². The molecule has 0 unspecified atom stereocenters. The first-order valence-electron chi connectivity index (χ1n) is 20.3. The highest BCUT2D eigenvalue weighted by atomic mass is 16.3. The number of aliphatic hydroxyl groups excluding tert-OH is 2. The van der Waals surface area contributed by atoms with Crippen molar-refractivity contribution in [1.82, 2.24) is 35.3 Å². The number of aromatic nitrogens is 2. The number of amides is 3. The van der Waals surface area contributed by atoms with Crippen molar-refractivity contribution in [3.05, 3.63) is 118 Å². The molecule has 4 aromatic carbocycles. The molecule has 3 aliphatic heterocycles. The maximum absolute atomic E-state index is 13.1. The molecule has 0 saturated carbocycles. The number of nitrogens with one attached hydrogen (secondary N) is 4. The molecular weight excluding hydrogens is 733 g/mol. The number of hydrogen-bond acceptors (Lipinski definition) is 9. The predicted octanol–water partition coefficient (Wildman–Crippen LogP) is 3.56. The fraction of sp³-hybridized carbons (Fsp3) is 0.378. The third kappa shape index (κ3) is 9.40. The summed E-state index contributed by atoms with van der Waals surface area (Å²) in [6, 6.07) is 27.6. The topological polar surface area (TPSA) is 166 Å². The third-order valence-corrected chi connectivity index (χ3v) is 11.6. The van der Waals surface area contributed by atoms with Gasteiger partial charge in [0.25, 0.3) is 11.8 Å². The minimum atomic E-state index is -0.729. The lowest BCUT2D eigenvalue weighted by Crippen LogP contribution is -2.42. The second kappa shape index (κ2) is 17.5. The van der Waals surface area contributed by atoms with Crippen LogP contribution in [0.2, 0.25) is 0 Å². The maximum atomic E-state index is 13.1. The molecule has 0 radical (unpaired) electrons. The molecule has 13 nitrogen and oxygen atoms in total. The number of carbonyl (C=O) groups is 3. The number of aliphatic hydroxyl groups is 2. The molecule has 0 bridgehead atoms. The summed E-state index contributed by atoms with van der Waals surface area (Å²) in [4.78, 5) is 52.2. The van der Waals surface area contributed by atoms with Gasteiger partial charge in [-0.3, -0.25) is 24.2 Å². The van der Waals surface area contributed by atoms with Crippen LogP contribution in [0, 0.1) is 0 Å². The first-order chi connectivity index (χ1) is 28.1. The summed E-state index contributed by atoms with van der Waals surface area (Å²) in [7, 11) is 0. The van der Waals surface area contributed by atoms with Crippen molar-refractivity contribution in [2.45, 2.75) is 57.5 Å². The van der Waals surface area contributed by atoms with Crippen LogP contribution >= 0.6 is 0 Å². The fourth-order valence-electron chi connectivity index (χ4n) is 8.41. The molecular formula is C45H52N8O5. The number of anilines is 1. The van der Waals surface area contributed by atoms with Crippen LogP contribution in [-0.4, -0.2) is 123 Å². The molecule has 4 heterocycles. The monoisotopic (exact) mass is 784 g/mol. The Morgan fingerprint density at radius 3 is 2.14 bits per heavy atom. The Balaban J connectivity index is 0.798. The van der Waals surface area contributed by atoms with Crippen molar-refractivity contribution < 1.29 is 24.6 Å². The van der Waals surface area contributed by atoms with Crippen LogP contribution in [0.1, 0.15) is 56.3 Å². The Morgan fingerprint density at radius 1 is 0.759 bits per heavy atom. The van der Waals surface area contributed by atoms with Crippen LogP contribution in [0.3, 0.4) is 0 Å². The molecule has 0 aliphatic carbocycles. The van der Waals surface area contributed by atoms with Crippen molar-refractivity contribution in [3.8, 4) is 11.4 Å². The molecule has 3 aliphatic rings. The second-order valence-corrected chi connectivity index (χ2v) is 15.9. The lowest BCUT2D eigenvalue weighted by Gasteiger charge is -2.30. The molecule has 5 aromatic rings. The summed E-state index contributed by atoms with van der Waals surface area (Å²) in [6.45, 7) is 7.36. The molecule has 8 rings (SSSR count). The van der Waals surface area contributed by atoms with E-state index in [1.54, 1.807) is 31.2 Å². The summed E-state index contributed by atoms with van der Waals surface area (Å²) >= 11 is 0. The smallest absolute Gasteiger partial charge is 0.251 e. The van der Waals surface area contributed by atoms with Crippen LogP contribution in [0.25, 0.3) is 22.4 Å². The van der Waals surface area contributed by atoms with Gasteiger partial charge in [-0.15, -0.1) is 0 Å². The van der Waals surface area contributed by atoms with Gasteiger partial charge in [-0.1, -0.05) is 42.5 Å². The van der Waals surface area contributed by atoms with E-state index in [9.17, 15) is 24.6 Å². The van der Waals surface area contributed by atoms with Crippen molar-refractivity contribution in [1.29, 1.82) is 0 Å². The van der Waals surface area contributed by atoms with Crippen LogP contribution < -0.4 is 16.0 Å². The maximum Gasteiger partial charge on any atom is 0.251 e. The van der Waals surface area contributed by atoms with E-state index in [4.69, 9.17) is 4.98 Å². The molecule has 302 valence electrons. The predicted molar refractivity (Wildman–Crippen MR) is 223 cm³/mol. The Kier molecular flexibility index (Phi) is 11.8. The van der Waals surface area contributed by atoms with Gasteiger partial charge in [-0.2, -0.15) is 0 Å². The van der Waals surface area contributed by atoms with Gasteiger partial charge in [-0.05, 0) is 84.0 Å². The number of β-amino-alcohol motifs (C(OH)–C–C–N with tert-alkyl or cyclic N) is 2. The van der Waals surface area contributed by atoms with E-state index >= 15 is 0 Å². The normalized spacial score (nSPS) is 18.0. The molecule has 3 atom stereocenters. The quantitative estimate of drug-likeness (QED) is 0.105. The van der Waals surface area contributed by atoms with E-state index in [1.807, 2.05) is 35.2 Å². The minimum absolute atomic E-state index is 0.0721. The molecule has 1 saturated heterocycles. The average molecular weight is 785 g/mol. The van der Waals surface area contributed by atoms with Gasteiger partial charge in [0.1, 0.15) is 5.82 Å². The van der Waals surface area contributed by atoms with Crippen molar-refractivity contribution in [2.24, 2.45) is 0 Å². The lowest BCUT2D eigenvalue weighted by atomic mass is 9.97. The SMILES string of the molecule is CC(=O)N1CC[C@@H](Nc2cccc(C(=O)NC[C@H](O)CN3CCc4cc(-c5nc6ccc(C(=O)NC[C@H](O)CN7CCc8ccccc8C7)cc6[nH]5)ccc4C3)c2)C1. The Labute approximate surface area is 338 Å². The second-order valence-electron chi connectivity index (χ2n) is 15.9. The number of aromatic amines is 1. The highest BCUT2D eigenvalue weighted by molar-refractivity contribution is 5.98. The Hall–Kier alpha value is -5.60. The van der Waals surface area contributed by atoms with Crippen molar-refractivity contribution in [2.75, 3.05) is 57.7 Å². The van der Waals surface area contributed by atoms with Crippen LogP contribution in [-0.2, 0) is 30.7 Å². The number of H-pyrrole nitrogens is 1.